The topological polar surface area (TPSA) is 54.5 Å². The maximum atomic E-state index is 8.66. The summed E-state index contributed by atoms with van der Waals surface area (Å²) in [4.78, 5) is 0. The van der Waals surface area contributed by atoms with Crippen molar-refractivity contribution in [2.45, 2.75) is 31.3 Å². The Balaban J connectivity index is 1.94. The predicted octanol–water partition coefficient (Wildman–Crippen LogP) is 5.68. The number of nitrogens with zero attached hydrogens (tertiary/aromatic N) is 4. The van der Waals surface area contributed by atoms with Gasteiger partial charge in [-0.15, -0.1) is 10.2 Å². The van der Waals surface area contributed by atoms with Crippen LogP contribution in [0.4, 0.5) is 0 Å². The molecule has 0 aliphatic carbocycles. The molecule has 2 aromatic carbocycles. The van der Waals surface area contributed by atoms with Gasteiger partial charge in [-0.25, -0.2) is 0 Å². The molecule has 1 heterocycles. The quantitative estimate of drug-likeness (QED) is 0.389. The molecule has 0 unspecified atom stereocenters. The van der Waals surface area contributed by atoms with Gasteiger partial charge in [0.25, 0.3) is 0 Å². The van der Waals surface area contributed by atoms with E-state index in [4.69, 9.17) is 16.9 Å². The molecule has 132 valence electrons. The summed E-state index contributed by atoms with van der Waals surface area (Å²) in [5.74, 6) is 1.72. The molecule has 1 aromatic heterocycles. The van der Waals surface area contributed by atoms with Crippen molar-refractivity contribution in [3.05, 3.63) is 59.1 Å². The van der Waals surface area contributed by atoms with Crippen molar-refractivity contribution in [1.29, 1.82) is 5.26 Å². The van der Waals surface area contributed by atoms with Crippen molar-refractivity contribution in [2.24, 2.45) is 0 Å². The number of nitriles is 1. The summed E-state index contributed by atoms with van der Waals surface area (Å²) in [7, 11) is 0. The van der Waals surface area contributed by atoms with Gasteiger partial charge in [0, 0.05) is 28.4 Å². The second kappa shape index (κ2) is 8.88. The highest BCUT2D eigenvalue weighted by atomic mass is 35.5. The highest BCUT2D eigenvalue weighted by Crippen LogP contribution is 2.29. The number of halogens is 1. The van der Waals surface area contributed by atoms with Crippen LogP contribution in [0.3, 0.4) is 0 Å². The van der Waals surface area contributed by atoms with E-state index in [1.807, 2.05) is 36.4 Å². The first kappa shape index (κ1) is 18.5. The first-order valence-corrected chi connectivity index (χ1v) is 9.83. The molecule has 3 aromatic rings. The number of unbranched alkanes of at least 4 members (excludes halogenated alkanes) is 2. The third-order valence-corrected chi connectivity index (χ3v) is 5.18. The molecule has 0 amide bonds. The molecule has 26 heavy (non-hydrogen) atoms. The van der Waals surface area contributed by atoms with Gasteiger partial charge < -0.3 is 0 Å². The van der Waals surface area contributed by atoms with Crippen LogP contribution in [0.25, 0.3) is 17.1 Å². The molecular weight excluding hydrogens is 364 g/mol. The van der Waals surface area contributed by atoms with E-state index in [2.05, 4.69) is 39.9 Å². The van der Waals surface area contributed by atoms with Gasteiger partial charge in [0.2, 0.25) is 0 Å². The van der Waals surface area contributed by atoms with E-state index in [0.717, 1.165) is 40.8 Å². The summed E-state index contributed by atoms with van der Waals surface area (Å²) in [5.41, 5.74) is 3.19. The monoisotopic (exact) mass is 382 g/mol. The average molecular weight is 383 g/mol. The van der Waals surface area contributed by atoms with Crippen LogP contribution in [0.5, 0.6) is 0 Å². The number of aryl methyl sites for hydroxylation is 1. The van der Waals surface area contributed by atoms with Crippen molar-refractivity contribution in [3.8, 4) is 23.1 Å². The minimum Gasteiger partial charge on any atom is -0.270 e. The Hall–Kier alpha value is -2.29. The van der Waals surface area contributed by atoms with Crippen LogP contribution >= 0.6 is 23.4 Å². The van der Waals surface area contributed by atoms with E-state index in [-0.39, 0.29) is 0 Å². The van der Waals surface area contributed by atoms with Crippen molar-refractivity contribution in [1.82, 2.24) is 14.8 Å². The molecule has 0 atom stereocenters. The van der Waals surface area contributed by atoms with Crippen molar-refractivity contribution in [2.75, 3.05) is 5.75 Å². The van der Waals surface area contributed by atoms with Gasteiger partial charge in [-0.3, -0.25) is 4.57 Å². The number of rotatable bonds is 7. The van der Waals surface area contributed by atoms with Gasteiger partial charge >= 0.3 is 0 Å². The smallest absolute Gasteiger partial charge is 0.196 e. The van der Waals surface area contributed by atoms with E-state index < -0.39 is 0 Å². The number of thioether (sulfide) groups is 1. The molecular formula is C20H19ClN4S. The average Bonchev–Trinajstić information content (AvgIpc) is 3.06. The molecule has 0 saturated heterocycles. The highest BCUT2D eigenvalue weighted by molar-refractivity contribution is 7.99. The summed E-state index contributed by atoms with van der Waals surface area (Å²) < 4.78 is 2.07. The number of aromatic nitrogens is 3. The van der Waals surface area contributed by atoms with Crippen LogP contribution in [-0.2, 0) is 0 Å². The summed E-state index contributed by atoms with van der Waals surface area (Å²) in [5, 5.41) is 19.1. The summed E-state index contributed by atoms with van der Waals surface area (Å²) in [6.07, 6.45) is 2.48. The summed E-state index contributed by atoms with van der Waals surface area (Å²) in [6, 6.07) is 18.1. The first-order valence-electron chi connectivity index (χ1n) is 8.47. The van der Waals surface area contributed by atoms with Crippen molar-refractivity contribution < 1.29 is 0 Å². The van der Waals surface area contributed by atoms with Crippen LogP contribution in [0.2, 0.25) is 5.02 Å². The van der Waals surface area contributed by atoms with Gasteiger partial charge in [0.15, 0.2) is 11.0 Å². The standard InChI is InChI=1S/C20H19ClN4S/c1-15-6-5-7-16(14-15)19-23-24-20(26-13-4-2-3-12-22)25(19)18-10-8-17(21)9-11-18/h5-11,14H,2-4,13H2,1H3. The van der Waals surface area contributed by atoms with Crippen LogP contribution in [0.15, 0.2) is 53.7 Å². The minimum atomic E-state index is 0.596. The van der Waals surface area contributed by atoms with Crippen LogP contribution in [-0.4, -0.2) is 20.5 Å². The molecule has 0 spiro atoms. The number of benzene rings is 2. The lowest BCUT2D eigenvalue weighted by Crippen LogP contribution is -2.00. The van der Waals surface area contributed by atoms with Gasteiger partial charge in [-0.2, -0.15) is 5.26 Å². The fourth-order valence-corrected chi connectivity index (χ4v) is 3.70. The maximum absolute atomic E-state index is 8.66. The Morgan fingerprint density at radius 1 is 1.12 bits per heavy atom. The Kier molecular flexibility index (Phi) is 6.32. The zero-order chi connectivity index (χ0) is 18.4. The second-order valence-corrected chi connectivity index (χ2v) is 7.45. The van der Waals surface area contributed by atoms with E-state index in [9.17, 15) is 0 Å². The summed E-state index contributed by atoms with van der Waals surface area (Å²) in [6.45, 7) is 2.07. The molecule has 4 nitrogen and oxygen atoms in total. The molecule has 0 N–H and O–H groups in total. The van der Waals surface area contributed by atoms with E-state index in [0.29, 0.717) is 11.4 Å². The zero-order valence-electron chi connectivity index (χ0n) is 14.5. The lowest BCUT2D eigenvalue weighted by atomic mass is 10.1. The van der Waals surface area contributed by atoms with Crippen molar-refractivity contribution in [3.63, 3.8) is 0 Å². The van der Waals surface area contributed by atoms with Crippen LogP contribution in [0.1, 0.15) is 24.8 Å². The summed E-state index contributed by atoms with van der Waals surface area (Å²) >= 11 is 7.71. The van der Waals surface area contributed by atoms with Crippen LogP contribution in [0, 0.1) is 18.3 Å². The van der Waals surface area contributed by atoms with Gasteiger partial charge in [-0.1, -0.05) is 47.1 Å². The Morgan fingerprint density at radius 2 is 1.92 bits per heavy atom. The Labute approximate surface area is 162 Å². The Bertz CT molecular complexity index is 912. The molecule has 0 saturated carbocycles. The molecule has 0 radical (unpaired) electrons. The van der Waals surface area contributed by atoms with E-state index in [1.54, 1.807) is 11.8 Å². The fourth-order valence-electron chi connectivity index (χ4n) is 2.63. The normalized spacial score (nSPS) is 10.7. The van der Waals surface area contributed by atoms with E-state index in [1.165, 1.54) is 5.56 Å². The largest absolute Gasteiger partial charge is 0.270 e. The van der Waals surface area contributed by atoms with Crippen LogP contribution < -0.4 is 0 Å². The molecule has 0 bridgehead atoms. The third kappa shape index (κ3) is 4.46. The number of hydrogen-bond donors (Lipinski definition) is 0. The van der Waals surface area contributed by atoms with Gasteiger partial charge in [-0.05, 0) is 50.1 Å². The lowest BCUT2D eigenvalue weighted by molar-refractivity contribution is 0.823. The van der Waals surface area contributed by atoms with Gasteiger partial charge in [0.1, 0.15) is 0 Å². The maximum Gasteiger partial charge on any atom is 0.196 e. The molecule has 0 aliphatic rings. The minimum absolute atomic E-state index is 0.596. The molecule has 0 fully saturated rings. The van der Waals surface area contributed by atoms with Crippen molar-refractivity contribution >= 4 is 23.4 Å². The van der Waals surface area contributed by atoms with Gasteiger partial charge in [0.05, 0.1) is 6.07 Å². The highest BCUT2D eigenvalue weighted by Gasteiger charge is 2.16. The number of hydrogen-bond acceptors (Lipinski definition) is 4. The zero-order valence-corrected chi connectivity index (χ0v) is 16.1. The third-order valence-electron chi connectivity index (χ3n) is 3.91. The SMILES string of the molecule is Cc1cccc(-c2nnc(SCCCCC#N)n2-c2ccc(Cl)cc2)c1. The second-order valence-electron chi connectivity index (χ2n) is 5.95. The Morgan fingerprint density at radius 3 is 2.65 bits per heavy atom. The van der Waals surface area contributed by atoms with E-state index >= 15 is 0 Å². The predicted molar refractivity (Wildman–Crippen MR) is 107 cm³/mol. The fraction of sp³-hybridized carbons (Fsp3) is 0.250. The molecule has 0 aliphatic heterocycles. The first-order chi connectivity index (χ1) is 12.7. The molecule has 3 rings (SSSR count). The molecule has 6 heteroatoms. The lowest BCUT2D eigenvalue weighted by Gasteiger charge is -2.11.